The molecule has 21 heavy (non-hydrogen) atoms. The lowest BCUT2D eigenvalue weighted by Crippen LogP contribution is -2.41. The van der Waals surface area contributed by atoms with Gasteiger partial charge in [0.15, 0.2) is 0 Å². The number of halogens is 1. The van der Waals surface area contributed by atoms with Crippen molar-refractivity contribution in [2.45, 2.75) is 6.54 Å². The Balaban J connectivity index is 1.94. The van der Waals surface area contributed by atoms with Crippen LogP contribution in [0.15, 0.2) is 36.0 Å². The lowest BCUT2D eigenvalue weighted by Gasteiger charge is -2.26. The third-order valence-electron chi connectivity index (χ3n) is 3.09. The molecule has 5 nitrogen and oxygen atoms in total. The maximum Gasteiger partial charge on any atom is 0.266 e. The van der Waals surface area contributed by atoms with E-state index < -0.39 is 0 Å². The van der Waals surface area contributed by atoms with Crippen molar-refractivity contribution in [1.29, 1.82) is 5.26 Å². The summed E-state index contributed by atoms with van der Waals surface area (Å²) in [6.45, 7) is 2.57. The smallest absolute Gasteiger partial charge is 0.266 e. The standard InChI is InChI=1S/C15H16ClN3O2/c16-14-3-1-2-12(8-14)10-18-11-13(9-17)15(20)19-4-6-21-7-5-19/h1-3,8,11,18H,4-7,10H2/b13-11-. The quantitative estimate of drug-likeness (QED) is 0.679. The molecule has 1 saturated heterocycles. The van der Waals surface area contributed by atoms with E-state index in [-0.39, 0.29) is 11.5 Å². The summed E-state index contributed by atoms with van der Waals surface area (Å²) in [4.78, 5) is 13.8. The molecule has 0 radical (unpaired) electrons. The Labute approximate surface area is 128 Å². The van der Waals surface area contributed by atoms with Gasteiger partial charge >= 0.3 is 0 Å². The van der Waals surface area contributed by atoms with Crippen LogP contribution in [0.25, 0.3) is 0 Å². The highest BCUT2D eigenvalue weighted by Gasteiger charge is 2.20. The Morgan fingerprint density at radius 2 is 2.24 bits per heavy atom. The Morgan fingerprint density at radius 1 is 1.48 bits per heavy atom. The van der Waals surface area contributed by atoms with Crippen LogP contribution >= 0.6 is 11.6 Å². The van der Waals surface area contributed by atoms with Crippen molar-refractivity contribution < 1.29 is 9.53 Å². The molecule has 1 N–H and O–H groups in total. The maximum atomic E-state index is 12.1. The Kier molecular flexibility index (Phi) is 5.61. The molecular formula is C15H16ClN3O2. The van der Waals surface area contributed by atoms with Gasteiger partial charge in [-0.3, -0.25) is 4.79 Å². The second-order valence-electron chi connectivity index (χ2n) is 4.59. The molecule has 1 fully saturated rings. The number of rotatable bonds is 4. The van der Waals surface area contributed by atoms with Crippen molar-refractivity contribution in [3.63, 3.8) is 0 Å². The van der Waals surface area contributed by atoms with Gasteiger partial charge in [0.1, 0.15) is 11.6 Å². The van der Waals surface area contributed by atoms with Gasteiger partial charge in [0, 0.05) is 30.9 Å². The summed E-state index contributed by atoms with van der Waals surface area (Å²) in [5, 5.41) is 12.7. The van der Waals surface area contributed by atoms with Crippen LogP contribution < -0.4 is 5.32 Å². The minimum Gasteiger partial charge on any atom is -0.386 e. The number of carbonyl (C=O) groups excluding carboxylic acids is 1. The molecule has 0 aromatic heterocycles. The van der Waals surface area contributed by atoms with Crippen LogP contribution in [0.2, 0.25) is 5.02 Å². The third-order valence-corrected chi connectivity index (χ3v) is 3.33. The minimum atomic E-state index is -0.264. The molecule has 1 aliphatic rings. The highest BCUT2D eigenvalue weighted by Crippen LogP contribution is 2.10. The van der Waals surface area contributed by atoms with Crippen molar-refractivity contribution in [2.24, 2.45) is 0 Å². The zero-order chi connectivity index (χ0) is 15.1. The van der Waals surface area contributed by atoms with E-state index in [1.165, 1.54) is 6.20 Å². The Hall–Kier alpha value is -2.03. The summed E-state index contributed by atoms with van der Waals surface area (Å²) in [5.74, 6) is -0.264. The van der Waals surface area contributed by atoms with E-state index in [2.05, 4.69) is 5.32 Å². The Bertz CT molecular complexity index is 575. The molecule has 110 valence electrons. The van der Waals surface area contributed by atoms with Gasteiger partial charge in [-0.2, -0.15) is 5.26 Å². The average Bonchev–Trinajstić information content (AvgIpc) is 2.52. The van der Waals surface area contributed by atoms with Crippen molar-refractivity contribution >= 4 is 17.5 Å². The maximum absolute atomic E-state index is 12.1. The number of morpholine rings is 1. The van der Waals surface area contributed by atoms with Crippen LogP contribution in [0.5, 0.6) is 0 Å². The zero-order valence-electron chi connectivity index (χ0n) is 11.5. The Morgan fingerprint density at radius 3 is 2.90 bits per heavy atom. The lowest BCUT2D eigenvalue weighted by molar-refractivity contribution is -0.130. The molecule has 1 aromatic carbocycles. The number of amides is 1. The van der Waals surface area contributed by atoms with Crippen molar-refractivity contribution in [3.05, 3.63) is 46.6 Å². The molecule has 0 atom stereocenters. The van der Waals surface area contributed by atoms with E-state index in [4.69, 9.17) is 21.6 Å². The second kappa shape index (κ2) is 7.67. The zero-order valence-corrected chi connectivity index (χ0v) is 12.3. The number of nitrogens with zero attached hydrogens (tertiary/aromatic N) is 2. The summed E-state index contributed by atoms with van der Waals surface area (Å²) in [6, 6.07) is 9.34. The van der Waals surface area contributed by atoms with Gasteiger partial charge in [-0.15, -0.1) is 0 Å². The van der Waals surface area contributed by atoms with Gasteiger partial charge < -0.3 is 15.0 Å². The predicted octanol–water partition coefficient (Wildman–Crippen LogP) is 1.70. The van der Waals surface area contributed by atoms with Crippen LogP contribution in [-0.4, -0.2) is 37.1 Å². The monoisotopic (exact) mass is 305 g/mol. The van der Waals surface area contributed by atoms with E-state index in [1.54, 1.807) is 11.0 Å². The first kappa shape index (κ1) is 15.4. The van der Waals surface area contributed by atoms with Gasteiger partial charge in [-0.05, 0) is 17.7 Å². The van der Waals surface area contributed by atoms with Crippen molar-refractivity contribution in [2.75, 3.05) is 26.3 Å². The molecule has 1 aliphatic heterocycles. The SMILES string of the molecule is N#C/C(=C/NCc1cccc(Cl)c1)C(=O)N1CCOCC1. The molecule has 6 heteroatoms. The fraction of sp³-hybridized carbons (Fsp3) is 0.333. The van der Waals surface area contributed by atoms with Crippen LogP contribution in [0.4, 0.5) is 0 Å². The van der Waals surface area contributed by atoms with E-state index in [0.717, 1.165) is 5.56 Å². The van der Waals surface area contributed by atoms with E-state index in [0.29, 0.717) is 37.9 Å². The first-order valence-corrected chi connectivity index (χ1v) is 7.03. The van der Waals surface area contributed by atoms with E-state index >= 15 is 0 Å². The van der Waals surface area contributed by atoms with Gasteiger partial charge in [-0.25, -0.2) is 0 Å². The van der Waals surface area contributed by atoms with Crippen LogP contribution in [0.1, 0.15) is 5.56 Å². The third kappa shape index (κ3) is 4.48. The summed E-state index contributed by atoms with van der Waals surface area (Å²) in [7, 11) is 0. The molecule has 0 saturated carbocycles. The summed E-state index contributed by atoms with van der Waals surface area (Å²) >= 11 is 5.90. The minimum absolute atomic E-state index is 0.0962. The van der Waals surface area contributed by atoms with Crippen molar-refractivity contribution in [3.8, 4) is 6.07 Å². The fourth-order valence-corrected chi connectivity index (χ4v) is 2.21. The molecule has 0 unspecified atom stereocenters. The summed E-state index contributed by atoms with van der Waals surface area (Å²) < 4.78 is 5.19. The van der Waals surface area contributed by atoms with Gasteiger partial charge in [0.25, 0.3) is 5.91 Å². The first-order valence-electron chi connectivity index (χ1n) is 6.66. The summed E-state index contributed by atoms with van der Waals surface area (Å²) in [6.07, 6.45) is 1.46. The van der Waals surface area contributed by atoms with Gasteiger partial charge in [0.2, 0.25) is 0 Å². The van der Waals surface area contributed by atoms with Crippen LogP contribution in [-0.2, 0) is 16.1 Å². The highest BCUT2D eigenvalue weighted by molar-refractivity contribution is 6.30. The van der Waals surface area contributed by atoms with Crippen LogP contribution in [0.3, 0.4) is 0 Å². The number of hydrogen-bond donors (Lipinski definition) is 1. The summed E-state index contributed by atoms with van der Waals surface area (Å²) in [5.41, 5.74) is 1.08. The molecule has 2 rings (SSSR count). The largest absolute Gasteiger partial charge is 0.386 e. The molecular weight excluding hydrogens is 290 g/mol. The van der Waals surface area contributed by atoms with E-state index in [9.17, 15) is 4.79 Å². The normalized spacial score (nSPS) is 15.4. The second-order valence-corrected chi connectivity index (χ2v) is 5.02. The number of benzene rings is 1. The van der Waals surface area contributed by atoms with Gasteiger partial charge in [0.05, 0.1) is 13.2 Å². The first-order chi connectivity index (χ1) is 10.2. The molecule has 0 spiro atoms. The molecule has 0 aliphatic carbocycles. The number of nitriles is 1. The highest BCUT2D eigenvalue weighted by atomic mass is 35.5. The topological polar surface area (TPSA) is 65.4 Å². The number of hydrogen-bond acceptors (Lipinski definition) is 4. The number of nitrogens with one attached hydrogen (secondary N) is 1. The van der Waals surface area contributed by atoms with Crippen molar-refractivity contribution in [1.82, 2.24) is 10.2 Å². The molecule has 1 amide bonds. The van der Waals surface area contributed by atoms with Crippen LogP contribution in [0, 0.1) is 11.3 Å². The van der Waals surface area contributed by atoms with E-state index in [1.807, 2.05) is 24.3 Å². The average molecular weight is 306 g/mol. The molecule has 0 bridgehead atoms. The lowest BCUT2D eigenvalue weighted by atomic mass is 10.2. The number of carbonyl (C=O) groups is 1. The van der Waals surface area contributed by atoms with Gasteiger partial charge in [-0.1, -0.05) is 23.7 Å². The predicted molar refractivity (Wildman–Crippen MR) is 79.4 cm³/mol. The number of ether oxygens (including phenoxy) is 1. The molecule has 1 aromatic rings. The molecule has 1 heterocycles. The fourth-order valence-electron chi connectivity index (χ4n) is 2.00.